The van der Waals surface area contributed by atoms with Gasteiger partial charge in [0.15, 0.2) is 0 Å². The molecule has 0 rings (SSSR count). The van der Waals surface area contributed by atoms with Crippen LogP contribution >= 0.6 is 0 Å². The third-order valence-electron chi connectivity index (χ3n) is 3.40. The molecule has 0 aromatic rings. The van der Waals surface area contributed by atoms with Crippen LogP contribution in [0, 0.1) is 5.92 Å². The van der Waals surface area contributed by atoms with Gasteiger partial charge in [0.05, 0.1) is 12.7 Å². The Kier molecular flexibility index (Phi) is 13.3. The molecule has 0 fully saturated rings. The first-order valence-electron chi connectivity index (χ1n) is 7.93. The van der Waals surface area contributed by atoms with Crippen LogP contribution in [0.25, 0.3) is 0 Å². The average molecular weight is 258 g/mol. The Hall–Kier alpha value is -0.0800. The molecular formula is C16H34O2. The van der Waals surface area contributed by atoms with Crippen LogP contribution in [-0.2, 0) is 9.47 Å². The smallest absolute Gasteiger partial charge is 0.0780 e. The highest BCUT2D eigenvalue weighted by atomic mass is 16.5. The summed E-state index contributed by atoms with van der Waals surface area (Å²) >= 11 is 0. The molecule has 0 amide bonds. The second-order valence-corrected chi connectivity index (χ2v) is 5.34. The van der Waals surface area contributed by atoms with Gasteiger partial charge in [0.1, 0.15) is 0 Å². The summed E-state index contributed by atoms with van der Waals surface area (Å²) in [6, 6.07) is 0. The van der Waals surface area contributed by atoms with Crippen molar-refractivity contribution in [2.24, 2.45) is 5.92 Å². The van der Waals surface area contributed by atoms with E-state index >= 15 is 0 Å². The van der Waals surface area contributed by atoms with E-state index in [4.69, 9.17) is 9.47 Å². The highest BCUT2D eigenvalue weighted by Gasteiger charge is 2.08. The van der Waals surface area contributed by atoms with Gasteiger partial charge in [-0.3, -0.25) is 0 Å². The Bertz CT molecular complexity index is 159. The molecule has 2 nitrogen and oxygen atoms in total. The van der Waals surface area contributed by atoms with E-state index in [1.54, 1.807) is 0 Å². The number of ether oxygens (including phenoxy) is 2. The molecule has 110 valence electrons. The lowest BCUT2D eigenvalue weighted by Gasteiger charge is -2.17. The van der Waals surface area contributed by atoms with Crippen molar-refractivity contribution >= 4 is 0 Å². The first-order valence-corrected chi connectivity index (χ1v) is 7.93. The quantitative estimate of drug-likeness (QED) is 0.441. The molecule has 18 heavy (non-hydrogen) atoms. The van der Waals surface area contributed by atoms with Crippen molar-refractivity contribution in [1.29, 1.82) is 0 Å². The van der Waals surface area contributed by atoms with Gasteiger partial charge in [-0.2, -0.15) is 0 Å². The maximum Gasteiger partial charge on any atom is 0.0780 e. The molecule has 0 N–H and O–H groups in total. The monoisotopic (exact) mass is 258 g/mol. The topological polar surface area (TPSA) is 18.5 Å². The van der Waals surface area contributed by atoms with E-state index in [9.17, 15) is 0 Å². The van der Waals surface area contributed by atoms with Crippen molar-refractivity contribution in [3.05, 3.63) is 0 Å². The molecule has 0 saturated heterocycles. The molecule has 0 bridgehead atoms. The van der Waals surface area contributed by atoms with Crippen LogP contribution in [0.3, 0.4) is 0 Å². The Balaban J connectivity index is 3.43. The molecule has 0 heterocycles. The molecule has 2 atom stereocenters. The van der Waals surface area contributed by atoms with Crippen LogP contribution in [-0.4, -0.2) is 25.9 Å². The van der Waals surface area contributed by atoms with Gasteiger partial charge in [-0.25, -0.2) is 0 Å². The van der Waals surface area contributed by atoms with Crippen molar-refractivity contribution in [2.75, 3.05) is 19.8 Å². The summed E-state index contributed by atoms with van der Waals surface area (Å²) in [7, 11) is 0. The maximum absolute atomic E-state index is 5.78. The van der Waals surface area contributed by atoms with Gasteiger partial charge in [-0.1, -0.05) is 52.9 Å². The van der Waals surface area contributed by atoms with Crippen LogP contribution < -0.4 is 0 Å². The minimum atomic E-state index is 0.241. The molecule has 0 radical (unpaired) electrons. The third-order valence-corrected chi connectivity index (χ3v) is 3.40. The number of unbranched alkanes of at least 4 members (excludes halogenated alkanes) is 3. The molecule has 2 unspecified atom stereocenters. The number of hydrogen-bond donors (Lipinski definition) is 0. The summed E-state index contributed by atoms with van der Waals surface area (Å²) in [6.07, 6.45) is 9.08. The van der Waals surface area contributed by atoms with E-state index in [2.05, 4.69) is 27.7 Å². The largest absolute Gasteiger partial charge is 0.378 e. The molecule has 0 aliphatic carbocycles. The van der Waals surface area contributed by atoms with Crippen molar-refractivity contribution in [3.63, 3.8) is 0 Å². The minimum Gasteiger partial charge on any atom is -0.378 e. The second kappa shape index (κ2) is 13.4. The van der Waals surface area contributed by atoms with Crippen LogP contribution in [0.4, 0.5) is 0 Å². The van der Waals surface area contributed by atoms with E-state index in [-0.39, 0.29) is 6.10 Å². The standard InChI is InChI=1S/C16H34O2/c1-5-8-10-12-18-15(4)13-17-14-16(7-3)11-9-6-2/h15-16H,5-14H2,1-4H3. The molecule has 0 saturated carbocycles. The fourth-order valence-corrected chi connectivity index (χ4v) is 1.98. The number of hydrogen-bond acceptors (Lipinski definition) is 2. The first-order chi connectivity index (χ1) is 8.74. The molecule has 0 aromatic heterocycles. The van der Waals surface area contributed by atoms with Crippen molar-refractivity contribution in [1.82, 2.24) is 0 Å². The van der Waals surface area contributed by atoms with Crippen molar-refractivity contribution in [2.45, 2.75) is 78.7 Å². The van der Waals surface area contributed by atoms with Gasteiger partial charge in [-0.05, 0) is 25.7 Å². The van der Waals surface area contributed by atoms with Gasteiger partial charge in [0, 0.05) is 13.2 Å². The third kappa shape index (κ3) is 11.0. The second-order valence-electron chi connectivity index (χ2n) is 5.34. The van der Waals surface area contributed by atoms with E-state index in [0.717, 1.165) is 25.7 Å². The number of rotatable bonds is 13. The highest BCUT2D eigenvalue weighted by molar-refractivity contribution is 4.57. The van der Waals surface area contributed by atoms with E-state index in [0.29, 0.717) is 0 Å². The zero-order chi connectivity index (χ0) is 13.6. The van der Waals surface area contributed by atoms with E-state index < -0.39 is 0 Å². The lowest BCUT2D eigenvalue weighted by molar-refractivity contribution is -0.0177. The van der Waals surface area contributed by atoms with Gasteiger partial charge in [0.2, 0.25) is 0 Å². The molecular weight excluding hydrogens is 224 g/mol. The van der Waals surface area contributed by atoms with Crippen molar-refractivity contribution in [3.8, 4) is 0 Å². The Morgan fingerprint density at radius 3 is 2.22 bits per heavy atom. The average Bonchev–Trinajstić information content (AvgIpc) is 2.38. The lowest BCUT2D eigenvalue weighted by atomic mass is 10.0. The Morgan fingerprint density at radius 2 is 1.61 bits per heavy atom. The van der Waals surface area contributed by atoms with Gasteiger partial charge in [-0.15, -0.1) is 0 Å². The minimum absolute atomic E-state index is 0.241. The fraction of sp³-hybridized carbons (Fsp3) is 1.00. The fourth-order valence-electron chi connectivity index (χ4n) is 1.98. The van der Waals surface area contributed by atoms with E-state index in [1.165, 1.54) is 44.9 Å². The van der Waals surface area contributed by atoms with Crippen LogP contribution in [0.5, 0.6) is 0 Å². The van der Waals surface area contributed by atoms with Crippen LogP contribution in [0.1, 0.15) is 72.6 Å². The molecule has 0 aliphatic heterocycles. The SMILES string of the molecule is CCCCCOC(C)COCC(CC)CCCC. The predicted molar refractivity (Wildman–Crippen MR) is 79.1 cm³/mol. The lowest BCUT2D eigenvalue weighted by Crippen LogP contribution is -2.19. The predicted octanol–water partition coefficient (Wildman–Crippen LogP) is 4.81. The van der Waals surface area contributed by atoms with E-state index in [1.807, 2.05) is 0 Å². The summed E-state index contributed by atoms with van der Waals surface area (Å²) in [5.74, 6) is 0.734. The van der Waals surface area contributed by atoms with Gasteiger partial charge in [0.25, 0.3) is 0 Å². The Morgan fingerprint density at radius 1 is 0.889 bits per heavy atom. The highest BCUT2D eigenvalue weighted by Crippen LogP contribution is 2.13. The van der Waals surface area contributed by atoms with Crippen LogP contribution in [0.2, 0.25) is 0 Å². The van der Waals surface area contributed by atoms with Gasteiger partial charge < -0.3 is 9.47 Å². The van der Waals surface area contributed by atoms with Gasteiger partial charge >= 0.3 is 0 Å². The summed E-state index contributed by atoms with van der Waals surface area (Å²) in [6.45, 7) is 11.4. The normalized spacial score (nSPS) is 14.7. The molecule has 0 aliphatic rings. The molecule has 0 aromatic carbocycles. The molecule has 2 heteroatoms. The molecule has 0 spiro atoms. The summed E-state index contributed by atoms with van der Waals surface area (Å²) in [4.78, 5) is 0. The first kappa shape index (κ1) is 17.9. The summed E-state index contributed by atoms with van der Waals surface area (Å²) in [5, 5.41) is 0. The summed E-state index contributed by atoms with van der Waals surface area (Å²) in [5.41, 5.74) is 0. The van der Waals surface area contributed by atoms with Crippen molar-refractivity contribution < 1.29 is 9.47 Å². The maximum atomic E-state index is 5.78. The zero-order valence-corrected chi connectivity index (χ0v) is 13.0. The zero-order valence-electron chi connectivity index (χ0n) is 13.0. The Labute approximate surface area is 114 Å². The van der Waals surface area contributed by atoms with Crippen LogP contribution in [0.15, 0.2) is 0 Å². The summed E-state index contributed by atoms with van der Waals surface area (Å²) < 4.78 is 11.5.